The van der Waals surface area contributed by atoms with Crippen molar-refractivity contribution in [3.05, 3.63) is 34.8 Å². The van der Waals surface area contributed by atoms with Gasteiger partial charge in [0.05, 0.1) is 17.7 Å². The highest BCUT2D eigenvalue weighted by Crippen LogP contribution is 2.11. The number of thiazole rings is 1. The largest absolute Gasteiger partial charge is 0.348 e. The molecule has 2 aromatic rings. The molecule has 0 spiro atoms. The minimum absolute atomic E-state index is 0.270. The molecule has 14 heavy (non-hydrogen) atoms. The second-order valence-electron chi connectivity index (χ2n) is 3.05. The number of nitrogens with zero attached hydrogens (tertiary/aromatic N) is 2. The summed E-state index contributed by atoms with van der Waals surface area (Å²) >= 11 is 1.62. The molecule has 4 nitrogen and oxygen atoms in total. The molecule has 0 bridgehead atoms. The third-order valence-electron chi connectivity index (χ3n) is 2.03. The molecule has 2 rings (SSSR count). The Bertz CT molecular complexity index is 354. The highest BCUT2D eigenvalue weighted by molar-refractivity contribution is 7.07. The summed E-state index contributed by atoms with van der Waals surface area (Å²) < 4.78 is 0. The van der Waals surface area contributed by atoms with Gasteiger partial charge in [-0.15, -0.1) is 11.3 Å². The molecule has 2 N–H and O–H groups in total. The van der Waals surface area contributed by atoms with Gasteiger partial charge in [-0.2, -0.15) is 0 Å². The fourth-order valence-electron chi connectivity index (χ4n) is 1.18. The van der Waals surface area contributed by atoms with Crippen molar-refractivity contribution in [1.29, 1.82) is 0 Å². The van der Waals surface area contributed by atoms with Gasteiger partial charge in [0.15, 0.2) is 0 Å². The Kier molecular flexibility index (Phi) is 2.90. The molecule has 0 aliphatic rings. The number of nitrogens with one attached hydrogen (secondary N) is 2. The van der Waals surface area contributed by atoms with Crippen LogP contribution in [0.2, 0.25) is 0 Å². The SMILES string of the molecule is CC(NCc1ncc[nH]1)c1cscn1. The van der Waals surface area contributed by atoms with Gasteiger partial charge in [0.25, 0.3) is 0 Å². The van der Waals surface area contributed by atoms with Crippen LogP contribution in [0.15, 0.2) is 23.3 Å². The standard InChI is InChI=1S/C9H12N4S/c1-7(8-5-14-6-13-8)12-4-9-10-2-3-11-9/h2-3,5-7,12H,4H2,1H3,(H,10,11). The van der Waals surface area contributed by atoms with Crippen molar-refractivity contribution in [3.63, 3.8) is 0 Å². The summed E-state index contributed by atoms with van der Waals surface area (Å²) in [5.74, 6) is 0.951. The van der Waals surface area contributed by atoms with Crippen molar-refractivity contribution in [1.82, 2.24) is 20.3 Å². The van der Waals surface area contributed by atoms with Crippen molar-refractivity contribution in [2.75, 3.05) is 0 Å². The Morgan fingerprint density at radius 3 is 3.14 bits per heavy atom. The molecule has 2 aromatic heterocycles. The molecule has 0 saturated carbocycles. The minimum atomic E-state index is 0.270. The van der Waals surface area contributed by atoms with Crippen molar-refractivity contribution in [2.45, 2.75) is 19.5 Å². The van der Waals surface area contributed by atoms with E-state index in [1.807, 2.05) is 11.7 Å². The average molecular weight is 208 g/mol. The van der Waals surface area contributed by atoms with Crippen LogP contribution in [-0.2, 0) is 6.54 Å². The zero-order valence-corrected chi connectivity index (χ0v) is 8.71. The molecule has 0 aliphatic carbocycles. The van der Waals surface area contributed by atoms with E-state index in [4.69, 9.17) is 0 Å². The van der Waals surface area contributed by atoms with Crippen molar-refractivity contribution in [3.8, 4) is 0 Å². The Morgan fingerprint density at radius 2 is 2.50 bits per heavy atom. The minimum Gasteiger partial charge on any atom is -0.348 e. The molecule has 0 amide bonds. The lowest BCUT2D eigenvalue weighted by Crippen LogP contribution is -2.18. The molecule has 5 heteroatoms. The van der Waals surface area contributed by atoms with Gasteiger partial charge < -0.3 is 10.3 Å². The van der Waals surface area contributed by atoms with Crippen LogP contribution in [0.5, 0.6) is 0 Å². The van der Waals surface area contributed by atoms with Gasteiger partial charge in [0.2, 0.25) is 0 Å². The van der Waals surface area contributed by atoms with Gasteiger partial charge in [-0.3, -0.25) is 0 Å². The predicted octanol–water partition coefficient (Wildman–Crippen LogP) is 1.72. The lowest BCUT2D eigenvalue weighted by molar-refractivity contribution is 0.552. The van der Waals surface area contributed by atoms with Crippen LogP contribution in [-0.4, -0.2) is 15.0 Å². The third kappa shape index (κ3) is 2.18. The second kappa shape index (κ2) is 4.34. The van der Waals surface area contributed by atoms with Gasteiger partial charge in [0, 0.05) is 23.8 Å². The predicted molar refractivity (Wildman–Crippen MR) is 56.0 cm³/mol. The van der Waals surface area contributed by atoms with Crippen LogP contribution in [0.4, 0.5) is 0 Å². The molecule has 0 aliphatic heterocycles. The smallest absolute Gasteiger partial charge is 0.120 e. The lowest BCUT2D eigenvalue weighted by Gasteiger charge is -2.09. The summed E-state index contributed by atoms with van der Waals surface area (Å²) in [4.78, 5) is 11.4. The Hall–Kier alpha value is -1.20. The summed E-state index contributed by atoms with van der Waals surface area (Å²) in [5.41, 5.74) is 2.93. The van der Waals surface area contributed by atoms with Crippen LogP contribution in [0, 0.1) is 0 Å². The molecule has 1 atom stereocenters. The molecule has 0 saturated heterocycles. The molecule has 0 aromatic carbocycles. The van der Waals surface area contributed by atoms with E-state index in [2.05, 4.69) is 32.6 Å². The van der Waals surface area contributed by atoms with Crippen LogP contribution < -0.4 is 5.32 Å². The van der Waals surface area contributed by atoms with E-state index in [-0.39, 0.29) is 6.04 Å². The van der Waals surface area contributed by atoms with Crippen molar-refractivity contribution >= 4 is 11.3 Å². The molecule has 2 heterocycles. The van der Waals surface area contributed by atoms with E-state index in [0.29, 0.717) is 0 Å². The van der Waals surface area contributed by atoms with Gasteiger partial charge in [-0.25, -0.2) is 9.97 Å². The van der Waals surface area contributed by atoms with E-state index in [0.717, 1.165) is 18.1 Å². The van der Waals surface area contributed by atoms with Gasteiger partial charge >= 0.3 is 0 Å². The van der Waals surface area contributed by atoms with Gasteiger partial charge in [0.1, 0.15) is 5.82 Å². The summed E-state index contributed by atoms with van der Waals surface area (Å²) in [6.45, 7) is 2.84. The highest BCUT2D eigenvalue weighted by Gasteiger charge is 2.06. The molecule has 1 unspecified atom stereocenters. The van der Waals surface area contributed by atoms with Gasteiger partial charge in [-0.05, 0) is 6.92 Å². The van der Waals surface area contributed by atoms with E-state index in [9.17, 15) is 0 Å². The monoisotopic (exact) mass is 208 g/mol. The van der Waals surface area contributed by atoms with Crippen LogP contribution in [0.3, 0.4) is 0 Å². The molecular weight excluding hydrogens is 196 g/mol. The van der Waals surface area contributed by atoms with Crippen LogP contribution >= 0.6 is 11.3 Å². The number of hydrogen-bond acceptors (Lipinski definition) is 4. The van der Waals surface area contributed by atoms with Crippen LogP contribution in [0.1, 0.15) is 24.5 Å². The number of hydrogen-bond donors (Lipinski definition) is 2. The average Bonchev–Trinajstić information content (AvgIpc) is 2.87. The normalized spacial score (nSPS) is 12.9. The first-order valence-corrected chi connectivity index (χ1v) is 5.40. The number of H-pyrrole nitrogens is 1. The maximum atomic E-state index is 4.24. The summed E-state index contributed by atoms with van der Waals surface area (Å²) in [5, 5.41) is 5.39. The van der Waals surface area contributed by atoms with E-state index < -0.39 is 0 Å². The Balaban J connectivity index is 1.87. The van der Waals surface area contributed by atoms with E-state index in [1.165, 1.54) is 0 Å². The fraction of sp³-hybridized carbons (Fsp3) is 0.333. The molecule has 74 valence electrons. The Labute approximate surface area is 86.4 Å². The topological polar surface area (TPSA) is 53.6 Å². The zero-order valence-electron chi connectivity index (χ0n) is 7.90. The van der Waals surface area contributed by atoms with E-state index in [1.54, 1.807) is 17.5 Å². The quantitative estimate of drug-likeness (QED) is 0.804. The van der Waals surface area contributed by atoms with E-state index >= 15 is 0 Å². The number of aromatic nitrogens is 3. The highest BCUT2D eigenvalue weighted by atomic mass is 32.1. The van der Waals surface area contributed by atoms with Crippen molar-refractivity contribution < 1.29 is 0 Å². The van der Waals surface area contributed by atoms with Crippen molar-refractivity contribution in [2.24, 2.45) is 0 Å². The number of rotatable bonds is 4. The molecular formula is C9H12N4S. The number of imidazole rings is 1. The maximum Gasteiger partial charge on any atom is 0.120 e. The summed E-state index contributed by atoms with van der Waals surface area (Å²) in [6.07, 6.45) is 3.58. The van der Waals surface area contributed by atoms with Gasteiger partial charge in [-0.1, -0.05) is 0 Å². The Morgan fingerprint density at radius 1 is 1.57 bits per heavy atom. The first-order valence-electron chi connectivity index (χ1n) is 4.46. The summed E-state index contributed by atoms with van der Waals surface area (Å²) in [7, 11) is 0. The molecule has 0 fully saturated rings. The lowest BCUT2D eigenvalue weighted by atomic mass is 10.2. The summed E-state index contributed by atoms with van der Waals surface area (Å²) in [6, 6.07) is 0.270. The second-order valence-corrected chi connectivity index (χ2v) is 3.77. The third-order valence-corrected chi connectivity index (χ3v) is 2.63. The maximum absolute atomic E-state index is 4.24. The first-order chi connectivity index (χ1) is 6.86. The molecule has 0 radical (unpaired) electrons. The fourth-order valence-corrected chi connectivity index (χ4v) is 1.83. The zero-order chi connectivity index (χ0) is 9.80. The first kappa shape index (κ1) is 9.36. The number of aromatic amines is 1. The van der Waals surface area contributed by atoms with Crippen LogP contribution in [0.25, 0.3) is 0 Å².